The number of benzene rings is 1. The Morgan fingerprint density at radius 2 is 1.91 bits per heavy atom. The molecule has 0 atom stereocenters. The molecule has 33 heavy (non-hydrogen) atoms. The van der Waals surface area contributed by atoms with Crippen LogP contribution in [-0.2, 0) is 13.6 Å². The molecule has 0 aliphatic carbocycles. The highest BCUT2D eigenvalue weighted by molar-refractivity contribution is 6.04. The zero-order valence-corrected chi connectivity index (χ0v) is 18.7. The lowest BCUT2D eigenvalue weighted by Gasteiger charge is -2.08. The Labute approximate surface area is 189 Å². The van der Waals surface area contributed by atoms with Gasteiger partial charge in [-0.2, -0.15) is 5.10 Å². The van der Waals surface area contributed by atoms with Gasteiger partial charge in [-0.15, -0.1) is 0 Å². The minimum absolute atomic E-state index is 0.0304. The summed E-state index contributed by atoms with van der Waals surface area (Å²) in [6.45, 7) is 4.67. The van der Waals surface area contributed by atoms with E-state index < -0.39 is 0 Å². The summed E-state index contributed by atoms with van der Waals surface area (Å²) in [6, 6.07) is 9.79. The number of aliphatic hydroxyl groups is 1. The molecule has 5 aromatic rings. The summed E-state index contributed by atoms with van der Waals surface area (Å²) in [5, 5.41) is 14.6. The van der Waals surface area contributed by atoms with Crippen molar-refractivity contribution in [1.29, 1.82) is 0 Å². The molecule has 0 bridgehead atoms. The normalized spacial score (nSPS) is 11.5. The van der Waals surface area contributed by atoms with E-state index in [0.29, 0.717) is 30.4 Å². The second-order valence-electron chi connectivity index (χ2n) is 7.81. The lowest BCUT2D eigenvalue weighted by Crippen LogP contribution is -2.21. The van der Waals surface area contributed by atoms with Crippen molar-refractivity contribution in [2.24, 2.45) is 7.05 Å². The molecule has 0 aliphatic rings. The third kappa shape index (κ3) is 3.46. The molecule has 0 aliphatic heterocycles. The summed E-state index contributed by atoms with van der Waals surface area (Å²) in [6.07, 6.45) is 5.29. The van der Waals surface area contributed by atoms with Gasteiger partial charge in [0.1, 0.15) is 0 Å². The van der Waals surface area contributed by atoms with Crippen molar-refractivity contribution in [2.45, 2.75) is 20.4 Å². The first kappa shape index (κ1) is 20.9. The number of aliphatic hydroxyl groups excluding tert-OH is 1. The zero-order valence-electron chi connectivity index (χ0n) is 18.7. The van der Waals surface area contributed by atoms with Crippen molar-refractivity contribution in [3.05, 3.63) is 65.1 Å². The van der Waals surface area contributed by atoms with Crippen molar-refractivity contribution in [1.82, 2.24) is 28.9 Å². The fourth-order valence-electron chi connectivity index (χ4n) is 4.13. The molecule has 168 valence electrons. The summed E-state index contributed by atoms with van der Waals surface area (Å²) in [5.41, 5.74) is 5.37. The Balaban J connectivity index is 1.75. The van der Waals surface area contributed by atoms with Gasteiger partial charge < -0.3 is 9.84 Å². The van der Waals surface area contributed by atoms with E-state index in [1.54, 1.807) is 39.5 Å². The molecule has 0 radical (unpaired) electrons. The molecule has 9 heteroatoms. The largest absolute Gasteiger partial charge is 0.478 e. The van der Waals surface area contributed by atoms with Gasteiger partial charge in [-0.25, -0.2) is 9.78 Å². The van der Waals surface area contributed by atoms with Crippen LogP contribution in [-0.4, -0.2) is 47.2 Å². The highest BCUT2D eigenvalue weighted by Gasteiger charge is 2.19. The van der Waals surface area contributed by atoms with Crippen LogP contribution in [0.25, 0.3) is 38.8 Å². The van der Waals surface area contributed by atoms with Crippen LogP contribution in [0.15, 0.2) is 53.7 Å². The number of nitrogens with zero attached hydrogens (tertiary/aromatic N) is 6. The Hall–Kier alpha value is -3.98. The van der Waals surface area contributed by atoms with Gasteiger partial charge in [-0.1, -0.05) is 6.07 Å². The van der Waals surface area contributed by atoms with Crippen LogP contribution in [0.5, 0.6) is 5.88 Å². The summed E-state index contributed by atoms with van der Waals surface area (Å²) >= 11 is 0. The first-order valence-corrected chi connectivity index (χ1v) is 10.8. The van der Waals surface area contributed by atoms with Crippen LogP contribution in [0.3, 0.4) is 0 Å². The molecule has 0 unspecified atom stereocenters. The zero-order chi connectivity index (χ0) is 23.1. The van der Waals surface area contributed by atoms with Crippen molar-refractivity contribution in [3.63, 3.8) is 0 Å². The van der Waals surface area contributed by atoms with Gasteiger partial charge in [0.2, 0.25) is 5.88 Å². The summed E-state index contributed by atoms with van der Waals surface area (Å²) in [4.78, 5) is 22.3. The number of imidazole rings is 1. The Bertz CT molecular complexity index is 1530. The van der Waals surface area contributed by atoms with Gasteiger partial charge >= 0.3 is 5.69 Å². The van der Waals surface area contributed by atoms with Gasteiger partial charge in [0, 0.05) is 36.5 Å². The maximum Gasteiger partial charge on any atom is 0.333 e. The SMILES string of the molecule is CCOc1ccc(-c2ccc3ncc4c(c3c2)n(-c2cn(CCO)nc2C)c(=O)n4C)cn1. The molecule has 1 aromatic carbocycles. The molecule has 4 aromatic heterocycles. The second-order valence-corrected chi connectivity index (χ2v) is 7.81. The molecule has 5 rings (SSSR count). The maximum atomic E-state index is 13.3. The highest BCUT2D eigenvalue weighted by Crippen LogP contribution is 2.30. The molecule has 4 heterocycles. The lowest BCUT2D eigenvalue weighted by atomic mass is 10.0. The Morgan fingerprint density at radius 1 is 1.09 bits per heavy atom. The average molecular weight is 444 g/mol. The van der Waals surface area contributed by atoms with E-state index in [9.17, 15) is 9.90 Å². The predicted molar refractivity (Wildman–Crippen MR) is 126 cm³/mol. The molecule has 0 spiro atoms. The molecule has 1 N–H and O–H groups in total. The van der Waals surface area contributed by atoms with Crippen molar-refractivity contribution < 1.29 is 9.84 Å². The minimum atomic E-state index is -0.181. The van der Waals surface area contributed by atoms with E-state index in [-0.39, 0.29) is 12.3 Å². The van der Waals surface area contributed by atoms with Gasteiger partial charge in [0.25, 0.3) is 0 Å². The van der Waals surface area contributed by atoms with Crippen molar-refractivity contribution in [2.75, 3.05) is 13.2 Å². The average Bonchev–Trinajstić information content (AvgIpc) is 3.30. The maximum absolute atomic E-state index is 13.3. The lowest BCUT2D eigenvalue weighted by molar-refractivity contribution is 0.269. The molecule has 0 fully saturated rings. The third-order valence-corrected chi connectivity index (χ3v) is 5.74. The van der Waals surface area contributed by atoms with Crippen LogP contribution >= 0.6 is 0 Å². The van der Waals surface area contributed by atoms with Gasteiger partial charge in [0.15, 0.2) is 0 Å². The highest BCUT2D eigenvalue weighted by atomic mass is 16.5. The molecule has 9 nitrogen and oxygen atoms in total. The predicted octanol–water partition coefficient (Wildman–Crippen LogP) is 2.84. The molecule has 0 saturated heterocycles. The van der Waals surface area contributed by atoms with E-state index in [1.165, 1.54) is 0 Å². The summed E-state index contributed by atoms with van der Waals surface area (Å²) < 4.78 is 10.4. The van der Waals surface area contributed by atoms with Crippen LogP contribution in [0.1, 0.15) is 12.6 Å². The van der Waals surface area contributed by atoms with Crippen LogP contribution < -0.4 is 10.4 Å². The molecular weight excluding hydrogens is 420 g/mol. The summed E-state index contributed by atoms with van der Waals surface area (Å²) in [5.74, 6) is 0.582. The van der Waals surface area contributed by atoms with E-state index in [0.717, 1.165) is 33.1 Å². The monoisotopic (exact) mass is 444 g/mol. The number of aromatic nitrogens is 6. The van der Waals surface area contributed by atoms with E-state index in [1.807, 2.05) is 44.2 Å². The van der Waals surface area contributed by atoms with Gasteiger partial charge in [0.05, 0.1) is 53.9 Å². The first-order chi connectivity index (χ1) is 16.0. The van der Waals surface area contributed by atoms with E-state index in [2.05, 4.69) is 15.1 Å². The fourth-order valence-corrected chi connectivity index (χ4v) is 4.13. The van der Waals surface area contributed by atoms with Crippen LogP contribution in [0, 0.1) is 6.92 Å². The minimum Gasteiger partial charge on any atom is -0.478 e. The number of pyridine rings is 2. The second kappa shape index (κ2) is 8.18. The summed E-state index contributed by atoms with van der Waals surface area (Å²) in [7, 11) is 1.74. The fraction of sp³-hybridized carbons (Fsp3) is 0.250. The van der Waals surface area contributed by atoms with Crippen molar-refractivity contribution >= 4 is 21.9 Å². The number of ether oxygens (including phenoxy) is 1. The van der Waals surface area contributed by atoms with Crippen molar-refractivity contribution in [3.8, 4) is 22.7 Å². The van der Waals surface area contributed by atoms with Crippen LogP contribution in [0.4, 0.5) is 0 Å². The van der Waals surface area contributed by atoms with Gasteiger partial charge in [-0.05, 0) is 37.6 Å². The Morgan fingerprint density at radius 3 is 2.64 bits per heavy atom. The smallest absolute Gasteiger partial charge is 0.333 e. The number of fused-ring (bicyclic) bond motifs is 3. The molecule has 0 amide bonds. The first-order valence-electron chi connectivity index (χ1n) is 10.8. The molecule has 0 saturated carbocycles. The number of hydrogen-bond acceptors (Lipinski definition) is 6. The number of hydrogen-bond donors (Lipinski definition) is 1. The van der Waals surface area contributed by atoms with Crippen LogP contribution in [0.2, 0.25) is 0 Å². The topological polar surface area (TPSA) is 100.0 Å². The molecular formula is C24H24N6O3. The Kier molecular flexibility index (Phi) is 5.18. The number of rotatable bonds is 6. The third-order valence-electron chi connectivity index (χ3n) is 5.74. The number of aryl methyl sites for hydroxylation is 2. The van der Waals surface area contributed by atoms with Gasteiger partial charge in [-0.3, -0.25) is 18.8 Å². The standard InChI is InChI=1S/C24H24N6O3/c1-4-33-22-8-6-17(12-26-22)16-5-7-19-18(11-16)23-20(13-25-19)28(3)24(32)30(23)21-14-29(9-10-31)27-15(21)2/h5-8,11-14,31H,4,9-10H2,1-3H3. The van der Waals surface area contributed by atoms with E-state index >= 15 is 0 Å². The van der Waals surface area contributed by atoms with E-state index in [4.69, 9.17) is 4.74 Å². The quantitative estimate of drug-likeness (QED) is 0.432.